The first kappa shape index (κ1) is 42.4. The zero-order valence-corrected chi connectivity index (χ0v) is 41.0. The maximum Gasteiger partial charge on any atom is -0.172 e. The fourth-order valence-corrected chi connectivity index (χ4v) is 13.9. The van der Waals surface area contributed by atoms with Gasteiger partial charge in [0, 0.05) is 0 Å². The summed E-state index contributed by atoms with van der Waals surface area (Å²) in [4.78, 5) is 0. The number of hydrogen-bond donors (Lipinski definition) is 0. The van der Waals surface area contributed by atoms with E-state index in [-0.39, 0.29) is 10.8 Å². The zero-order valence-electron chi connectivity index (χ0n) is 32.7. The van der Waals surface area contributed by atoms with Crippen LogP contribution in [0, 0.1) is 0 Å². The van der Waals surface area contributed by atoms with Crippen molar-refractivity contribution in [3.63, 3.8) is 0 Å². The van der Waals surface area contributed by atoms with Crippen LogP contribution in [-0.4, -0.2) is 3.26 Å². The Balaban J connectivity index is 0.000000192. The number of benzene rings is 6. The van der Waals surface area contributed by atoms with Crippen molar-refractivity contribution in [2.24, 2.45) is 0 Å². The van der Waals surface area contributed by atoms with Crippen LogP contribution >= 0.6 is 49.0 Å². The second-order valence-corrected chi connectivity index (χ2v) is 29.2. The average Bonchev–Trinajstić information content (AvgIpc) is 3.88. The summed E-state index contributed by atoms with van der Waals surface area (Å²) in [5.74, 6) is 0. The van der Waals surface area contributed by atoms with Crippen LogP contribution in [0.4, 0.5) is 0 Å². The molecule has 0 heterocycles. The van der Waals surface area contributed by atoms with Gasteiger partial charge in [0.15, 0.2) is 0 Å². The molecule has 8 aromatic carbocycles. The van der Waals surface area contributed by atoms with Crippen molar-refractivity contribution in [2.45, 2.75) is 52.4 Å². The molecule has 0 saturated heterocycles. The largest absolute Gasteiger partial charge is 0.214 e. The van der Waals surface area contributed by atoms with Gasteiger partial charge >= 0.3 is 139 Å². The van der Waals surface area contributed by atoms with E-state index in [0.29, 0.717) is 0 Å². The van der Waals surface area contributed by atoms with Crippen molar-refractivity contribution in [3.8, 4) is 22.3 Å². The molecule has 0 atom stereocenters. The van der Waals surface area contributed by atoms with Gasteiger partial charge in [0.2, 0.25) is 0 Å². The Morgan fingerprint density at radius 3 is 1.18 bits per heavy atom. The summed E-state index contributed by atoms with van der Waals surface area (Å²) in [5.41, 5.74) is 10.4. The van der Waals surface area contributed by atoms with E-state index in [0.717, 1.165) is 23.3 Å². The van der Waals surface area contributed by atoms with Crippen molar-refractivity contribution < 1.29 is 18.6 Å². The molecule has 5 heteroatoms. The smallest absolute Gasteiger partial charge is 0.172 e. The SMILES string of the molecule is CC(C)(C)c1cc2c(cc1-c1ccccc1)[cH-]c1cc(-c3ccccc3)c(C(C)(C)C)cc12.[Cl][Hf]([Cl])=[C](c1ccc(Br)cc1)c1ccc(Br)cc1.c1cc[cH-]c1. The van der Waals surface area contributed by atoms with Crippen molar-refractivity contribution in [2.75, 3.05) is 0 Å². The molecule has 8 aromatic rings. The summed E-state index contributed by atoms with van der Waals surface area (Å²) in [6, 6.07) is 60.0. The summed E-state index contributed by atoms with van der Waals surface area (Å²) < 4.78 is 3.23. The van der Waals surface area contributed by atoms with E-state index in [9.17, 15) is 0 Å². The van der Waals surface area contributed by atoms with E-state index < -0.39 is 18.6 Å². The van der Waals surface area contributed by atoms with Gasteiger partial charge in [-0.3, -0.25) is 0 Å². The Morgan fingerprint density at radius 2 is 0.875 bits per heavy atom. The summed E-state index contributed by atoms with van der Waals surface area (Å²) in [6.45, 7) is 13.9. The van der Waals surface area contributed by atoms with Gasteiger partial charge in [-0.25, -0.2) is 12.1 Å². The average molecular weight is 1070 g/mol. The van der Waals surface area contributed by atoms with Gasteiger partial charge in [0.05, 0.1) is 0 Å². The predicted octanol–water partition coefficient (Wildman–Crippen LogP) is 16.8. The van der Waals surface area contributed by atoms with Crippen LogP contribution in [0.15, 0.2) is 179 Å². The van der Waals surface area contributed by atoms with E-state index >= 15 is 0 Å². The van der Waals surface area contributed by atoms with Crippen molar-refractivity contribution in [1.29, 1.82) is 0 Å². The topological polar surface area (TPSA) is 0 Å². The van der Waals surface area contributed by atoms with Gasteiger partial charge in [-0.05, 0) is 44.2 Å². The van der Waals surface area contributed by atoms with Crippen LogP contribution < -0.4 is 0 Å². The molecule has 0 aliphatic carbocycles. The second kappa shape index (κ2) is 18.6. The minimum atomic E-state index is -2.67. The summed E-state index contributed by atoms with van der Waals surface area (Å²) >= 11 is 4.19. The van der Waals surface area contributed by atoms with Crippen molar-refractivity contribution in [1.82, 2.24) is 0 Å². The van der Waals surface area contributed by atoms with Crippen LogP contribution in [0.3, 0.4) is 0 Å². The molecule has 0 aliphatic heterocycles. The molecule has 0 spiro atoms. The molecule has 8 rings (SSSR count). The molecule has 56 heavy (non-hydrogen) atoms. The molecule has 0 aromatic heterocycles. The van der Waals surface area contributed by atoms with Crippen molar-refractivity contribution in [3.05, 3.63) is 201 Å². The van der Waals surface area contributed by atoms with Gasteiger partial charge in [-0.15, -0.1) is 39.7 Å². The number of hydrogen-bond acceptors (Lipinski definition) is 0. The normalized spacial score (nSPS) is 11.4. The fraction of sp³-hybridized carbons (Fsp3) is 0.157. The van der Waals surface area contributed by atoms with Crippen molar-refractivity contribution >= 4 is 73.8 Å². The third-order valence-electron chi connectivity index (χ3n) is 9.78. The Hall–Kier alpha value is -3.18. The number of rotatable bonds is 4. The Kier molecular flexibility index (Phi) is 14.1. The van der Waals surface area contributed by atoms with Gasteiger partial charge in [0.1, 0.15) is 0 Å². The van der Waals surface area contributed by atoms with E-state index in [1.807, 2.05) is 54.6 Å². The van der Waals surface area contributed by atoms with E-state index in [1.54, 1.807) is 0 Å². The minimum absolute atomic E-state index is 0.0554. The van der Waals surface area contributed by atoms with E-state index in [1.165, 1.54) is 54.9 Å². The Labute approximate surface area is 364 Å². The van der Waals surface area contributed by atoms with Crippen LogP contribution in [0.5, 0.6) is 0 Å². The number of halogens is 4. The first-order chi connectivity index (χ1) is 26.7. The second-order valence-electron chi connectivity index (χ2n) is 16.0. The molecule has 0 aliphatic rings. The molecular formula is C51H46Br2Cl2Hf-2. The first-order valence-electron chi connectivity index (χ1n) is 18.8. The molecule has 0 N–H and O–H groups in total. The molecule has 284 valence electrons. The zero-order chi connectivity index (χ0) is 40.0. The molecule has 0 fully saturated rings. The molecule has 0 amide bonds. The van der Waals surface area contributed by atoms with Crippen LogP contribution in [-0.2, 0) is 29.4 Å². The van der Waals surface area contributed by atoms with Gasteiger partial charge < -0.3 is 0 Å². The predicted molar refractivity (Wildman–Crippen MR) is 251 cm³/mol. The standard InChI is InChI=1S/C33H33.C13H8Br2.C5H5.2ClH.Hf/c1-32(2,3)30-20-26-24(18-28(30)22-13-9-7-10-14-22)17-25-19-29(23-15-11-8-12-16-23)31(21-27(25)26)33(4,5)6;14-12-5-1-10(2-6-12)9-11-3-7-13(15)8-4-11;1-2-4-5-3-1;;;/h7-21H,1-6H3;1-8H;1-5H;2*1H;/q-1;;-1;;;+2/p-2. The molecular weight excluding hydrogens is 1020 g/mol. The maximum atomic E-state index is 6.31. The molecule has 0 unspecified atom stereocenters. The fourth-order valence-electron chi connectivity index (χ4n) is 7.00. The molecule has 0 radical (unpaired) electrons. The molecule has 0 saturated carbocycles. The quantitative estimate of drug-likeness (QED) is 0.122. The summed E-state index contributed by atoms with van der Waals surface area (Å²) in [5, 5.41) is 5.36. The van der Waals surface area contributed by atoms with E-state index in [4.69, 9.17) is 17.2 Å². The van der Waals surface area contributed by atoms with Gasteiger partial charge in [-0.1, -0.05) is 114 Å². The van der Waals surface area contributed by atoms with Crippen LogP contribution in [0.1, 0.15) is 63.8 Å². The third kappa shape index (κ3) is 10.5. The molecule has 0 nitrogen and oxygen atoms in total. The van der Waals surface area contributed by atoms with E-state index in [2.05, 4.69) is 189 Å². The summed E-state index contributed by atoms with van der Waals surface area (Å²) in [7, 11) is 12.6. The summed E-state index contributed by atoms with van der Waals surface area (Å²) in [6.07, 6.45) is 0. The Morgan fingerprint density at radius 1 is 0.500 bits per heavy atom. The van der Waals surface area contributed by atoms with Gasteiger partial charge in [-0.2, -0.15) is 18.2 Å². The third-order valence-corrected chi connectivity index (χ3v) is 17.4. The Bertz CT molecular complexity index is 2360. The molecule has 0 bridgehead atoms. The monoisotopic (exact) mass is 1070 g/mol. The first-order valence-corrected chi connectivity index (χ1v) is 31.1. The minimum Gasteiger partial charge on any atom is -0.214 e. The van der Waals surface area contributed by atoms with Crippen LogP contribution in [0.25, 0.3) is 43.8 Å². The maximum absolute atomic E-state index is 6.31. The number of fused-ring (bicyclic) bond motifs is 3. The van der Waals surface area contributed by atoms with Gasteiger partial charge in [0.25, 0.3) is 0 Å². The van der Waals surface area contributed by atoms with Crippen LogP contribution in [0.2, 0.25) is 0 Å².